The lowest BCUT2D eigenvalue weighted by Gasteiger charge is -2.35. The number of rotatable bonds is 6. The van der Waals surface area contributed by atoms with Crippen LogP contribution < -0.4 is 5.32 Å². The number of thiophene rings is 1. The SMILES string of the molecule is CC(C)N1CCOC(CNCCc2ccc(Cl)s2)C1. The predicted octanol–water partition coefficient (Wildman–Crippen LogP) is 2.64. The Morgan fingerprint density at radius 1 is 1.53 bits per heavy atom. The zero-order chi connectivity index (χ0) is 13.7. The molecule has 1 atom stereocenters. The third kappa shape index (κ3) is 5.04. The fraction of sp³-hybridized carbons (Fsp3) is 0.714. The molecular formula is C14H23ClN2OS. The van der Waals surface area contributed by atoms with Crippen LogP contribution in [-0.2, 0) is 11.2 Å². The molecule has 0 aromatic carbocycles. The van der Waals surface area contributed by atoms with Crippen molar-refractivity contribution in [2.45, 2.75) is 32.4 Å². The third-order valence-corrected chi connectivity index (χ3v) is 4.74. The van der Waals surface area contributed by atoms with E-state index >= 15 is 0 Å². The maximum Gasteiger partial charge on any atom is 0.0931 e. The molecule has 19 heavy (non-hydrogen) atoms. The normalized spacial score (nSPS) is 21.2. The monoisotopic (exact) mass is 302 g/mol. The van der Waals surface area contributed by atoms with Crippen LogP contribution >= 0.6 is 22.9 Å². The van der Waals surface area contributed by atoms with Gasteiger partial charge >= 0.3 is 0 Å². The minimum atomic E-state index is 0.322. The lowest BCUT2D eigenvalue weighted by molar-refractivity contribution is -0.0370. The van der Waals surface area contributed by atoms with Crippen LogP contribution in [0.4, 0.5) is 0 Å². The van der Waals surface area contributed by atoms with E-state index in [4.69, 9.17) is 16.3 Å². The van der Waals surface area contributed by atoms with Gasteiger partial charge < -0.3 is 10.1 Å². The van der Waals surface area contributed by atoms with E-state index in [0.717, 1.165) is 43.5 Å². The second kappa shape index (κ2) is 7.60. The van der Waals surface area contributed by atoms with Crippen molar-refractivity contribution in [3.63, 3.8) is 0 Å². The standard InChI is InChI=1S/C14H23ClN2OS/c1-11(2)17-7-8-18-12(10-17)9-16-6-5-13-3-4-14(15)19-13/h3-4,11-12,16H,5-10H2,1-2H3. The number of nitrogens with one attached hydrogen (secondary N) is 1. The number of morpholine rings is 1. The van der Waals surface area contributed by atoms with Gasteiger partial charge in [-0.1, -0.05) is 11.6 Å². The number of nitrogens with zero attached hydrogens (tertiary/aromatic N) is 1. The van der Waals surface area contributed by atoms with Crippen LogP contribution in [0.5, 0.6) is 0 Å². The molecule has 1 aliphatic heterocycles. The fourth-order valence-corrected chi connectivity index (χ4v) is 3.38. The molecule has 0 spiro atoms. The second-order valence-electron chi connectivity index (χ2n) is 5.24. The molecule has 2 heterocycles. The third-order valence-electron chi connectivity index (χ3n) is 3.45. The van der Waals surface area contributed by atoms with Gasteiger partial charge in [0.1, 0.15) is 0 Å². The Bertz CT molecular complexity index is 383. The summed E-state index contributed by atoms with van der Waals surface area (Å²) in [5.74, 6) is 0. The first kappa shape index (κ1) is 15.3. The smallest absolute Gasteiger partial charge is 0.0931 e. The molecule has 2 rings (SSSR count). The van der Waals surface area contributed by atoms with Crippen molar-refractivity contribution in [3.8, 4) is 0 Å². The molecule has 0 aliphatic carbocycles. The molecule has 1 aromatic heterocycles. The van der Waals surface area contributed by atoms with E-state index in [1.165, 1.54) is 4.88 Å². The summed E-state index contributed by atoms with van der Waals surface area (Å²) in [7, 11) is 0. The van der Waals surface area contributed by atoms with Crippen LogP contribution in [0.25, 0.3) is 0 Å². The summed E-state index contributed by atoms with van der Waals surface area (Å²) in [6.45, 7) is 9.36. The highest BCUT2D eigenvalue weighted by molar-refractivity contribution is 7.16. The quantitative estimate of drug-likeness (QED) is 0.818. The summed E-state index contributed by atoms with van der Waals surface area (Å²) in [6, 6.07) is 4.68. The van der Waals surface area contributed by atoms with Gasteiger partial charge in [-0.15, -0.1) is 11.3 Å². The minimum absolute atomic E-state index is 0.322. The van der Waals surface area contributed by atoms with Gasteiger partial charge in [0.2, 0.25) is 0 Å². The van der Waals surface area contributed by atoms with E-state index < -0.39 is 0 Å². The van der Waals surface area contributed by atoms with E-state index in [0.29, 0.717) is 12.1 Å². The number of halogens is 1. The first-order chi connectivity index (χ1) is 9.15. The molecule has 108 valence electrons. The zero-order valence-corrected chi connectivity index (χ0v) is 13.3. The van der Waals surface area contributed by atoms with Crippen LogP contribution in [0.3, 0.4) is 0 Å². The average Bonchev–Trinajstić information content (AvgIpc) is 2.81. The maximum atomic E-state index is 5.91. The fourth-order valence-electron chi connectivity index (χ4n) is 2.30. The first-order valence-corrected chi connectivity index (χ1v) is 8.15. The highest BCUT2D eigenvalue weighted by Gasteiger charge is 2.21. The Balaban J connectivity index is 1.62. The van der Waals surface area contributed by atoms with Gasteiger partial charge in [0.15, 0.2) is 0 Å². The summed E-state index contributed by atoms with van der Waals surface area (Å²) in [5, 5.41) is 3.48. The van der Waals surface area contributed by atoms with E-state index in [9.17, 15) is 0 Å². The summed E-state index contributed by atoms with van der Waals surface area (Å²) in [5.41, 5.74) is 0. The molecule has 0 amide bonds. The van der Waals surface area contributed by atoms with Crippen molar-refractivity contribution in [2.75, 3.05) is 32.8 Å². The summed E-state index contributed by atoms with van der Waals surface area (Å²) < 4.78 is 6.67. The van der Waals surface area contributed by atoms with Crippen molar-refractivity contribution in [2.24, 2.45) is 0 Å². The number of hydrogen-bond acceptors (Lipinski definition) is 4. The number of hydrogen-bond donors (Lipinski definition) is 1. The van der Waals surface area contributed by atoms with Crippen molar-refractivity contribution >= 4 is 22.9 Å². The van der Waals surface area contributed by atoms with Crippen molar-refractivity contribution < 1.29 is 4.74 Å². The minimum Gasteiger partial charge on any atom is -0.374 e. The van der Waals surface area contributed by atoms with Crippen molar-refractivity contribution in [3.05, 3.63) is 21.3 Å². The van der Waals surface area contributed by atoms with E-state index in [2.05, 4.69) is 30.1 Å². The first-order valence-electron chi connectivity index (χ1n) is 6.95. The van der Waals surface area contributed by atoms with Gasteiger partial charge in [-0.2, -0.15) is 0 Å². The molecule has 1 saturated heterocycles. The molecule has 5 heteroatoms. The van der Waals surface area contributed by atoms with Gasteiger partial charge in [0.05, 0.1) is 17.0 Å². The molecule has 3 nitrogen and oxygen atoms in total. The Hall–Kier alpha value is -0.130. The molecule has 1 unspecified atom stereocenters. The van der Waals surface area contributed by atoms with Crippen molar-refractivity contribution in [1.29, 1.82) is 0 Å². The van der Waals surface area contributed by atoms with E-state index in [1.54, 1.807) is 11.3 Å². The Morgan fingerprint density at radius 2 is 2.37 bits per heavy atom. The molecule has 0 bridgehead atoms. The van der Waals surface area contributed by atoms with Crippen LogP contribution in [-0.4, -0.2) is 49.8 Å². The predicted molar refractivity (Wildman–Crippen MR) is 82.4 cm³/mol. The molecule has 0 radical (unpaired) electrons. The molecule has 0 saturated carbocycles. The number of ether oxygens (including phenoxy) is 1. The Labute approximate surface area is 124 Å². The molecule has 1 N–H and O–H groups in total. The molecular weight excluding hydrogens is 280 g/mol. The van der Waals surface area contributed by atoms with Crippen LogP contribution in [0, 0.1) is 0 Å². The largest absolute Gasteiger partial charge is 0.374 e. The highest BCUT2D eigenvalue weighted by atomic mass is 35.5. The maximum absolute atomic E-state index is 5.91. The van der Waals surface area contributed by atoms with E-state index in [-0.39, 0.29) is 0 Å². The van der Waals surface area contributed by atoms with Gasteiger partial charge in [-0.05, 0) is 32.4 Å². The summed E-state index contributed by atoms with van der Waals surface area (Å²) in [6.07, 6.45) is 1.36. The zero-order valence-electron chi connectivity index (χ0n) is 11.7. The molecule has 1 fully saturated rings. The Kier molecular flexibility index (Phi) is 6.10. The highest BCUT2D eigenvalue weighted by Crippen LogP contribution is 2.21. The average molecular weight is 303 g/mol. The van der Waals surface area contributed by atoms with Gasteiger partial charge in [0.25, 0.3) is 0 Å². The Morgan fingerprint density at radius 3 is 3.05 bits per heavy atom. The van der Waals surface area contributed by atoms with Gasteiger partial charge in [-0.25, -0.2) is 0 Å². The van der Waals surface area contributed by atoms with Crippen LogP contribution in [0.15, 0.2) is 12.1 Å². The van der Waals surface area contributed by atoms with E-state index in [1.807, 2.05) is 6.07 Å². The lowest BCUT2D eigenvalue weighted by atomic mass is 10.2. The molecule has 1 aromatic rings. The topological polar surface area (TPSA) is 24.5 Å². The summed E-state index contributed by atoms with van der Waals surface area (Å²) in [4.78, 5) is 3.82. The lowest BCUT2D eigenvalue weighted by Crippen LogP contribution is -2.49. The van der Waals surface area contributed by atoms with Crippen LogP contribution in [0.1, 0.15) is 18.7 Å². The molecule has 1 aliphatic rings. The van der Waals surface area contributed by atoms with Crippen LogP contribution in [0.2, 0.25) is 4.34 Å². The van der Waals surface area contributed by atoms with Crippen molar-refractivity contribution in [1.82, 2.24) is 10.2 Å². The van der Waals surface area contributed by atoms with Gasteiger partial charge in [-0.3, -0.25) is 4.90 Å². The van der Waals surface area contributed by atoms with Gasteiger partial charge in [0, 0.05) is 37.1 Å². The summed E-state index contributed by atoms with van der Waals surface area (Å²) >= 11 is 7.58. The second-order valence-corrected chi connectivity index (χ2v) is 7.04.